The Kier molecular flexibility index (Phi) is 5.29. The molecule has 1 aliphatic rings. The summed E-state index contributed by atoms with van der Waals surface area (Å²) in [5, 5.41) is 0. The van der Waals surface area contributed by atoms with Crippen LogP contribution in [-0.4, -0.2) is 45.9 Å². The lowest BCUT2D eigenvalue weighted by Gasteiger charge is -2.34. The zero-order valence-corrected chi connectivity index (χ0v) is 13.2. The number of nitrogens with zero attached hydrogens (tertiary/aromatic N) is 1. The molecule has 1 aromatic carbocycles. The van der Waals surface area contributed by atoms with E-state index in [4.69, 9.17) is 16.3 Å². The van der Waals surface area contributed by atoms with E-state index in [1.54, 1.807) is 12.1 Å². The summed E-state index contributed by atoms with van der Waals surface area (Å²) in [4.78, 5) is 2.47. The Morgan fingerprint density at radius 2 is 2.15 bits per heavy atom. The Morgan fingerprint density at radius 3 is 2.85 bits per heavy atom. The van der Waals surface area contributed by atoms with Crippen molar-refractivity contribution in [2.45, 2.75) is 24.3 Å². The molecule has 1 fully saturated rings. The van der Waals surface area contributed by atoms with Gasteiger partial charge in [0.2, 0.25) is 0 Å². The highest BCUT2D eigenvalue weighted by Crippen LogP contribution is 2.28. The highest BCUT2D eigenvalue weighted by molar-refractivity contribution is 7.91. The first-order chi connectivity index (χ1) is 9.58. The molecule has 0 aromatic heterocycles. The third-order valence-corrected chi connectivity index (χ3v) is 5.63. The minimum absolute atomic E-state index is 0.0487. The molecular formula is C14H20ClNO3S. The Bertz CT molecular complexity index is 547. The van der Waals surface area contributed by atoms with Crippen LogP contribution >= 0.6 is 11.6 Å². The number of morpholine rings is 1. The smallest absolute Gasteiger partial charge is 0.180 e. The number of halogens is 1. The molecule has 20 heavy (non-hydrogen) atoms. The summed E-state index contributed by atoms with van der Waals surface area (Å²) in [6, 6.07) is 7.18. The number of benzene rings is 1. The number of hydrogen-bond acceptors (Lipinski definition) is 4. The van der Waals surface area contributed by atoms with Gasteiger partial charge in [-0.25, -0.2) is 8.42 Å². The van der Waals surface area contributed by atoms with E-state index in [0.29, 0.717) is 36.9 Å². The number of sulfone groups is 1. The van der Waals surface area contributed by atoms with Gasteiger partial charge in [-0.3, -0.25) is 0 Å². The lowest BCUT2D eigenvalue weighted by Crippen LogP contribution is -2.43. The SMILES string of the molecule is CCCS(=O)(=O)c1ccccc1N1CCOC(CCl)C1. The third-order valence-electron chi connectivity index (χ3n) is 3.32. The quantitative estimate of drug-likeness (QED) is 0.782. The minimum Gasteiger partial charge on any atom is -0.373 e. The fraction of sp³-hybridized carbons (Fsp3) is 0.571. The van der Waals surface area contributed by atoms with Gasteiger partial charge in [0.15, 0.2) is 9.84 Å². The second-order valence-electron chi connectivity index (χ2n) is 4.88. The van der Waals surface area contributed by atoms with E-state index in [2.05, 4.69) is 4.90 Å². The summed E-state index contributed by atoms with van der Waals surface area (Å²) >= 11 is 5.84. The van der Waals surface area contributed by atoms with E-state index in [9.17, 15) is 8.42 Å². The average molecular weight is 318 g/mol. The number of para-hydroxylation sites is 1. The topological polar surface area (TPSA) is 46.6 Å². The first kappa shape index (κ1) is 15.6. The Morgan fingerprint density at radius 1 is 1.40 bits per heavy atom. The summed E-state index contributed by atoms with van der Waals surface area (Å²) in [5.41, 5.74) is 0.763. The van der Waals surface area contributed by atoms with Crippen molar-refractivity contribution in [3.8, 4) is 0 Å². The summed E-state index contributed by atoms with van der Waals surface area (Å²) in [6.45, 7) is 3.76. The highest BCUT2D eigenvalue weighted by atomic mass is 35.5. The van der Waals surface area contributed by atoms with Gasteiger partial charge in [0.05, 0.1) is 34.9 Å². The summed E-state index contributed by atoms with van der Waals surface area (Å²) in [5.74, 6) is 0.591. The molecule has 6 heteroatoms. The van der Waals surface area contributed by atoms with Crippen molar-refractivity contribution < 1.29 is 13.2 Å². The van der Waals surface area contributed by atoms with Gasteiger partial charge in [-0.05, 0) is 18.6 Å². The molecule has 112 valence electrons. The van der Waals surface area contributed by atoms with Crippen LogP contribution in [0, 0.1) is 0 Å². The van der Waals surface area contributed by atoms with Crippen LogP contribution < -0.4 is 4.90 Å². The number of ether oxygens (including phenoxy) is 1. The van der Waals surface area contributed by atoms with Crippen molar-refractivity contribution in [3.63, 3.8) is 0 Å². The molecule has 0 saturated carbocycles. The van der Waals surface area contributed by atoms with Crippen molar-refractivity contribution in [1.29, 1.82) is 0 Å². The maximum absolute atomic E-state index is 12.4. The third kappa shape index (κ3) is 3.45. The molecule has 1 heterocycles. The van der Waals surface area contributed by atoms with Crippen molar-refractivity contribution >= 4 is 27.1 Å². The van der Waals surface area contributed by atoms with Crippen LogP contribution in [0.5, 0.6) is 0 Å². The van der Waals surface area contributed by atoms with Crippen molar-refractivity contribution in [1.82, 2.24) is 0 Å². The number of alkyl halides is 1. The zero-order chi connectivity index (χ0) is 14.6. The van der Waals surface area contributed by atoms with E-state index in [1.165, 1.54) is 0 Å². The van der Waals surface area contributed by atoms with Gasteiger partial charge in [-0.2, -0.15) is 0 Å². The zero-order valence-electron chi connectivity index (χ0n) is 11.6. The predicted octanol–water partition coefficient (Wildman–Crippen LogP) is 2.31. The second kappa shape index (κ2) is 6.78. The van der Waals surface area contributed by atoms with Crippen LogP contribution in [-0.2, 0) is 14.6 Å². The standard InChI is InChI=1S/C14H20ClNO3S/c1-2-9-20(17,18)14-6-4-3-5-13(14)16-7-8-19-12(10-15)11-16/h3-6,12H,2,7-11H2,1H3. The van der Waals surface area contributed by atoms with Gasteiger partial charge in [-0.15, -0.1) is 11.6 Å². The maximum Gasteiger partial charge on any atom is 0.180 e. The van der Waals surface area contributed by atoms with Crippen molar-refractivity contribution in [3.05, 3.63) is 24.3 Å². The first-order valence-electron chi connectivity index (χ1n) is 6.82. The van der Waals surface area contributed by atoms with Crippen LogP contribution in [0.4, 0.5) is 5.69 Å². The van der Waals surface area contributed by atoms with Gasteiger partial charge in [0.1, 0.15) is 0 Å². The fourth-order valence-corrected chi connectivity index (χ4v) is 4.14. The van der Waals surface area contributed by atoms with Crippen molar-refractivity contribution in [2.75, 3.05) is 36.2 Å². The Labute approximate surface area is 125 Å². The first-order valence-corrected chi connectivity index (χ1v) is 9.01. The molecule has 0 N–H and O–H groups in total. The molecule has 1 saturated heterocycles. The van der Waals surface area contributed by atoms with E-state index < -0.39 is 9.84 Å². The van der Waals surface area contributed by atoms with Gasteiger partial charge in [0.25, 0.3) is 0 Å². The Balaban J connectivity index is 2.33. The molecule has 1 aliphatic heterocycles. The van der Waals surface area contributed by atoms with Gasteiger partial charge < -0.3 is 9.64 Å². The molecule has 0 aliphatic carbocycles. The highest BCUT2D eigenvalue weighted by Gasteiger charge is 2.25. The van der Waals surface area contributed by atoms with E-state index in [1.807, 2.05) is 19.1 Å². The number of anilines is 1. The molecule has 2 rings (SSSR count). The Hall–Kier alpha value is -0.780. The largest absolute Gasteiger partial charge is 0.373 e. The average Bonchev–Trinajstić information content (AvgIpc) is 2.47. The molecule has 0 amide bonds. The molecule has 0 spiro atoms. The van der Waals surface area contributed by atoms with E-state index >= 15 is 0 Å². The van der Waals surface area contributed by atoms with E-state index in [-0.39, 0.29) is 11.9 Å². The molecule has 1 aromatic rings. The lowest BCUT2D eigenvalue weighted by molar-refractivity contribution is 0.0553. The second-order valence-corrected chi connectivity index (χ2v) is 7.27. The molecule has 0 radical (unpaired) electrons. The van der Waals surface area contributed by atoms with Crippen LogP contribution in [0.15, 0.2) is 29.2 Å². The minimum atomic E-state index is -3.23. The van der Waals surface area contributed by atoms with Crippen LogP contribution in [0.2, 0.25) is 0 Å². The van der Waals surface area contributed by atoms with Gasteiger partial charge >= 0.3 is 0 Å². The fourth-order valence-electron chi connectivity index (χ4n) is 2.39. The molecule has 4 nitrogen and oxygen atoms in total. The van der Waals surface area contributed by atoms with Crippen LogP contribution in [0.1, 0.15) is 13.3 Å². The van der Waals surface area contributed by atoms with Crippen molar-refractivity contribution in [2.24, 2.45) is 0 Å². The lowest BCUT2D eigenvalue weighted by atomic mass is 10.2. The monoisotopic (exact) mass is 317 g/mol. The number of hydrogen-bond donors (Lipinski definition) is 0. The van der Waals surface area contributed by atoms with Gasteiger partial charge in [0, 0.05) is 13.1 Å². The molecule has 0 bridgehead atoms. The van der Waals surface area contributed by atoms with Gasteiger partial charge in [-0.1, -0.05) is 19.1 Å². The maximum atomic E-state index is 12.4. The van der Waals surface area contributed by atoms with E-state index in [0.717, 1.165) is 5.69 Å². The normalized spacial score (nSPS) is 20.1. The predicted molar refractivity (Wildman–Crippen MR) is 81.5 cm³/mol. The molecular weight excluding hydrogens is 298 g/mol. The number of rotatable bonds is 5. The summed E-state index contributed by atoms with van der Waals surface area (Å²) in [6.07, 6.45) is 0.566. The molecule has 1 unspecified atom stereocenters. The van der Waals surface area contributed by atoms with Crippen LogP contribution in [0.25, 0.3) is 0 Å². The molecule has 1 atom stereocenters. The summed E-state index contributed by atoms with van der Waals surface area (Å²) in [7, 11) is -3.23. The summed E-state index contributed by atoms with van der Waals surface area (Å²) < 4.78 is 30.3. The van der Waals surface area contributed by atoms with Crippen LogP contribution in [0.3, 0.4) is 0 Å².